The standard InChI is InChI=1S/C19H17F3N4OS/c1-11-6-7-13(8-12(11)2)17(27)23-10-16-24-25-18(28)26(16)15-5-3-4-14(9-15)19(20,21)22/h3-9H,10H2,1-2H3,(H,23,27)(H,25,28). The summed E-state index contributed by atoms with van der Waals surface area (Å²) in [7, 11) is 0. The number of H-pyrrole nitrogens is 1. The lowest BCUT2D eigenvalue weighted by Gasteiger charge is -2.11. The highest BCUT2D eigenvalue weighted by Crippen LogP contribution is 2.30. The molecule has 0 aliphatic heterocycles. The van der Waals surface area contributed by atoms with Gasteiger partial charge in [0, 0.05) is 5.56 Å². The number of carbonyl (C=O) groups is 1. The monoisotopic (exact) mass is 406 g/mol. The third kappa shape index (κ3) is 4.14. The first-order valence-corrected chi connectivity index (χ1v) is 8.77. The van der Waals surface area contributed by atoms with Crippen LogP contribution in [0.2, 0.25) is 0 Å². The number of halogens is 3. The van der Waals surface area contributed by atoms with E-state index in [1.54, 1.807) is 12.1 Å². The summed E-state index contributed by atoms with van der Waals surface area (Å²) in [6.45, 7) is 3.85. The van der Waals surface area contributed by atoms with Crippen LogP contribution in [0.5, 0.6) is 0 Å². The van der Waals surface area contributed by atoms with Gasteiger partial charge in [0.05, 0.1) is 17.8 Å². The normalized spacial score (nSPS) is 11.5. The first-order chi connectivity index (χ1) is 13.2. The Labute approximate surface area is 164 Å². The van der Waals surface area contributed by atoms with Gasteiger partial charge in [-0.2, -0.15) is 18.3 Å². The number of amides is 1. The number of benzene rings is 2. The quantitative estimate of drug-likeness (QED) is 0.628. The second kappa shape index (κ2) is 7.59. The molecule has 0 radical (unpaired) electrons. The van der Waals surface area contributed by atoms with Gasteiger partial charge in [-0.3, -0.25) is 14.5 Å². The fourth-order valence-electron chi connectivity index (χ4n) is 2.68. The van der Waals surface area contributed by atoms with Crippen molar-refractivity contribution in [2.24, 2.45) is 0 Å². The first kappa shape index (κ1) is 19.8. The van der Waals surface area contributed by atoms with E-state index >= 15 is 0 Å². The van der Waals surface area contributed by atoms with E-state index in [1.807, 2.05) is 19.9 Å². The number of rotatable bonds is 4. The number of aromatic nitrogens is 3. The highest BCUT2D eigenvalue weighted by Gasteiger charge is 2.30. The van der Waals surface area contributed by atoms with E-state index in [9.17, 15) is 18.0 Å². The summed E-state index contributed by atoms with van der Waals surface area (Å²) in [6.07, 6.45) is -4.47. The van der Waals surface area contributed by atoms with Crippen LogP contribution in [-0.2, 0) is 12.7 Å². The summed E-state index contributed by atoms with van der Waals surface area (Å²) in [6, 6.07) is 10.1. The fourth-order valence-corrected chi connectivity index (χ4v) is 2.94. The molecule has 0 saturated carbocycles. The zero-order valence-electron chi connectivity index (χ0n) is 15.1. The molecular formula is C19H17F3N4OS. The molecule has 3 rings (SSSR count). The Bertz CT molecular complexity index is 1090. The average molecular weight is 406 g/mol. The number of hydrogen-bond donors (Lipinski definition) is 2. The lowest BCUT2D eigenvalue weighted by molar-refractivity contribution is -0.137. The van der Waals surface area contributed by atoms with Crippen LogP contribution in [0.3, 0.4) is 0 Å². The van der Waals surface area contributed by atoms with Crippen molar-refractivity contribution in [2.75, 3.05) is 0 Å². The van der Waals surface area contributed by atoms with Gasteiger partial charge in [0.1, 0.15) is 0 Å². The Hall–Kier alpha value is -2.94. The van der Waals surface area contributed by atoms with Gasteiger partial charge in [-0.05, 0) is 67.5 Å². The van der Waals surface area contributed by atoms with Crippen LogP contribution < -0.4 is 5.32 Å². The minimum absolute atomic E-state index is 0.00482. The number of nitrogens with zero attached hydrogens (tertiary/aromatic N) is 2. The summed E-state index contributed by atoms with van der Waals surface area (Å²) >= 11 is 5.15. The van der Waals surface area contributed by atoms with Gasteiger partial charge < -0.3 is 5.32 Å². The molecule has 1 amide bonds. The predicted molar refractivity (Wildman–Crippen MR) is 101 cm³/mol. The molecule has 0 spiro atoms. The van der Waals surface area contributed by atoms with Crippen LogP contribution in [0.1, 0.15) is 32.9 Å². The maximum absolute atomic E-state index is 13.0. The van der Waals surface area contributed by atoms with E-state index in [0.717, 1.165) is 23.3 Å². The average Bonchev–Trinajstić information content (AvgIpc) is 3.02. The first-order valence-electron chi connectivity index (χ1n) is 8.36. The Morgan fingerprint density at radius 3 is 2.61 bits per heavy atom. The van der Waals surface area contributed by atoms with Gasteiger partial charge in [0.25, 0.3) is 5.91 Å². The summed E-state index contributed by atoms with van der Waals surface area (Å²) in [5, 5.41) is 9.31. The van der Waals surface area contributed by atoms with E-state index < -0.39 is 11.7 Å². The third-order valence-corrected chi connectivity index (χ3v) is 4.62. The van der Waals surface area contributed by atoms with E-state index in [1.165, 1.54) is 16.7 Å². The second-order valence-corrected chi connectivity index (χ2v) is 6.70. The minimum Gasteiger partial charge on any atom is -0.345 e. The molecular weight excluding hydrogens is 389 g/mol. The van der Waals surface area contributed by atoms with E-state index in [4.69, 9.17) is 12.2 Å². The number of aromatic amines is 1. The van der Waals surface area contributed by atoms with Gasteiger partial charge in [0.15, 0.2) is 10.6 Å². The lowest BCUT2D eigenvalue weighted by Crippen LogP contribution is -2.24. The molecule has 0 bridgehead atoms. The molecule has 146 valence electrons. The van der Waals surface area contributed by atoms with Gasteiger partial charge in [-0.25, -0.2) is 0 Å². The molecule has 1 heterocycles. The van der Waals surface area contributed by atoms with Crippen LogP contribution in [0.15, 0.2) is 42.5 Å². The van der Waals surface area contributed by atoms with Crippen LogP contribution in [0.4, 0.5) is 13.2 Å². The molecule has 5 nitrogen and oxygen atoms in total. The molecule has 2 aromatic carbocycles. The Balaban J connectivity index is 1.85. The molecule has 9 heteroatoms. The topological polar surface area (TPSA) is 62.7 Å². The summed E-state index contributed by atoms with van der Waals surface area (Å²) in [5.74, 6) is -0.0193. The van der Waals surface area contributed by atoms with Crippen LogP contribution in [0.25, 0.3) is 5.69 Å². The number of aryl methyl sites for hydroxylation is 2. The van der Waals surface area contributed by atoms with Crippen molar-refractivity contribution in [1.82, 2.24) is 20.1 Å². The summed E-state index contributed by atoms with van der Waals surface area (Å²) in [5.41, 5.74) is 1.96. The second-order valence-electron chi connectivity index (χ2n) is 6.31. The van der Waals surface area contributed by atoms with Crippen LogP contribution in [0, 0.1) is 18.6 Å². The molecule has 0 unspecified atom stereocenters. The Morgan fingerprint density at radius 1 is 1.18 bits per heavy atom. The number of carbonyl (C=O) groups excluding carboxylic acids is 1. The van der Waals surface area contributed by atoms with Crippen LogP contribution in [-0.4, -0.2) is 20.7 Å². The molecule has 2 N–H and O–H groups in total. The summed E-state index contributed by atoms with van der Waals surface area (Å²) in [4.78, 5) is 12.4. The maximum atomic E-state index is 13.0. The van der Waals surface area contributed by atoms with Gasteiger partial charge in [0.2, 0.25) is 0 Å². The Kier molecular flexibility index (Phi) is 5.37. The molecule has 3 aromatic rings. The molecule has 1 aromatic heterocycles. The lowest BCUT2D eigenvalue weighted by atomic mass is 10.1. The third-order valence-electron chi connectivity index (χ3n) is 4.35. The SMILES string of the molecule is Cc1ccc(C(=O)NCc2n[nH]c(=S)n2-c2cccc(C(F)(F)F)c2)cc1C. The molecule has 0 saturated heterocycles. The number of nitrogens with one attached hydrogen (secondary N) is 2. The fraction of sp³-hybridized carbons (Fsp3) is 0.211. The van der Waals surface area contributed by atoms with Crippen molar-refractivity contribution in [3.63, 3.8) is 0 Å². The minimum atomic E-state index is -4.47. The van der Waals surface area contributed by atoms with Gasteiger partial charge in [-0.15, -0.1) is 0 Å². The largest absolute Gasteiger partial charge is 0.416 e. The number of hydrogen-bond acceptors (Lipinski definition) is 3. The maximum Gasteiger partial charge on any atom is 0.416 e. The van der Waals surface area contributed by atoms with Crippen LogP contribution >= 0.6 is 12.2 Å². The predicted octanol–water partition coefficient (Wildman–Crippen LogP) is 4.50. The van der Waals surface area contributed by atoms with Crippen molar-refractivity contribution in [2.45, 2.75) is 26.6 Å². The highest BCUT2D eigenvalue weighted by molar-refractivity contribution is 7.71. The Morgan fingerprint density at radius 2 is 1.93 bits per heavy atom. The van der Waals surface area contributed by atoms with Gasteiger partial charge >= 0.3 is 6.18 Å². The van der Waals surface area contributed by atoms with Crippen molar-refractivity contribution in [1.29, 1.82) is 0 Å². The van der Waals surface area contributed by atoms with E-state index in [0.29, 0.717) is 11.4 Å². The molecule has 0 aliphatic carbocycles. The molecule has 28 heavy (non-hydrogen) atoms. The van der Waals surface area contributed by atoms with Gasteiger partial charge in [-0.1, -0.05) is 12.1 Å². The zero-order chi connectivity index (χ0) is 20.5. The number of alkyl halides is 3. The smallest absolute Gasteiger partial charge is 0.345 e. The van der Waals surface area contributed by atoms with Crippen molar-refractivity contribution < 1.29 is 18.0 Å². The molecule has 0 atom stereocenters. The van der Waals surface area contributed by atoms with Crippen molar-refractivity contribution in [3.05, 3.63) is 75.3 Å². The van der Waals surface area contributed by atoms with E-state index in [2.05, 4.69) is 15.5 Å². The summed E-state index contributed by atoms with van der Waals surface area (Å²) < 4.78 is 40.5. The highest BCUT2D eigenvalue weighted by atomic mass is 32.1. The van der Waals surface area contributed by atoms with E-state index in [-0.39, 0.29) is 22.9 Å². The molecule has 0 fully saturated rings. The molecule has 0 aliphatic rings. The van der Waals surface area contributed by atoms with Crippen molar-refractivity contribution >= 4 is 18.1 Å². The zero-order valence-corrected chi connectivity index (χ0v) is 15.9. The van der Waals surface area contributed by atoms with Crippen molar-refractivity contribution in [3.8, 4) is 5.69 Å².